The summed E-state index contributed by atoms with van der Waals surface area (Å²) in [7, 11) is 0. The van der Waals surface area contributed by atoms with Crippen LogP contribution in [0, 0.1) is 5.41 Å². The molecule has 2 aliphatic heterocycles. The summed E-state index contributed by atoms with van der Waals surface area (Å²) in [5.41, 5.74) is 1.33. The van der Waals surface area contributed by atoms with E-state index in [1.807, 2.05) is 13.8 Å². The van der Waals surface area contributed by atoms with Crippen molar-refractivity contribution < 1.29 is 29.2 Å². The van der Waals surface area contributed by atoms with E-state index in [2.05, 4.69) is 0 Å². The van der Waals surface area contributed by atoms with Crippen LogP contribution in [0.3, 0.4) is 0 Å². The Morgan fingerprint density at radius 2 is 1.41 bits per heavy atom. The van der Waals surface area contributed by atoms with Gasteiger partial charge in [0, 0.05) is 16.6 Å². The van der Waals surface area contributed by atoms with Crippen molar-refractivity contribution in [2.24, 2.45) is 5.41 Å². The second kappa shape index (κ2) is 4.66. The van der Waals surface area contributed by atoms with Gasteiger partial charge in [-0.2, -0.15) is 0 Å². The Kier molecular flexibility index (Phi) is 3.39. The van der Waals surface area contributed by atoms with Gasteiger partial charge in [0.05, 0.1) is 25.7 Å². The maximum Gasteiger partial charge on any atom is 0.313 e. The van der Waals surface area contributed by atoms with Crippen LogP contribution >= 0.6 is 0 Å². The van der Waals surface area contributed by atoms with Crippen molar-refractivity contribution in [3.63, 3.8) is 0 Å². The summed E-state index contributed by atoms with van der Waals surface area (Å²) >= 11 is 0. The predicted molar refractivity (Wildman–Crippen MR) is 56.0 cm³/mol. The van der Waals surface area contributed by atoms with Gasteiger partial charge in [-0.05, 0) is 0 Å². The van der Waals surface area contributed by atoms with E-state index in [1.54, 1.807) is 0 Å². The van der Waals surface area contributed by atoms with Gasteiger partial charge in [0.1, 0.15) is 0 Å². The van der Waals surface area contributed by atoms with Crippen molar-refractivity contribution in [2.75, 3.05) is 13.2 Å². The smallest absolute Gasteiger partial charge is 0.313 e. The van der Waals surface area contributed by atoms with Crippen LogP contribution in [0.4, 0.5) is 0 Å². The summed E-state index contributed by atoms with van der Waals surface area (Å²) in [6, 6.07) is 0. The van der Waals surface area contributed by atoms with Crippen molar-refractivity contribution in [1.29, 1.82) is 0 Å². The largest absolute Gasteiger partial charge is 0.449 e. The fourth-order valence-electron chi connectivity index (χ4n) is 1.61. The predicted octanol–water partition coefficient (Wildman–Crippen LogP) is 0.426. The minimum atomic E-state index is -1.20. The number of rotatable bonds is 2. The lowest BCUT2D eigenvalue weighted by Gasteiger charge is -2.35. The van der Waals surface area contributed by atoms with Gasteiger partial charge in [0.15, 0.2) is 0 Å². The quantitative estimate of drug-likeness (QED) is 0.733. The molecule has 2 atom stereocenters. The van der Waals surface area contributed by atoms with E-state index < -0.39 is 13.0 Å². The highest BCUT2D eigenvalue weighted by atomic mass is 16.8. The first-order valence-electron chi connectivity index (χ1n) is 5.29. The first kappa shape index (κ1) is 12.4. The van der Waals surface area contributed by atoms with E-state index in [-0.39, 0.29) is 18.6 Å². The molecule has 96 valence electrons. The molecule has 0 fully saturated rings. The Labute approximate surface area is 99.0 Å². The highest BCUT2D eigenvalue weighted by Gasteiger charge is 2.33. The summed E-state index contributed by atoms with van der Waals surface area (Å²) in [4.78, 5) is 0. The third-order valence-corrected chi connectivity index (χ3v) is 3.02. The first-order chi connectivity index (χ1) is 8.00. The Bertz CT molecular complexity index is 314. The van der Waals surface area contributed by atoms with E-state index in [1.165, 1.54) is 12.5 Å². The monoisotopic (exact) mass is 244 g/mol. The minimum Gasteiger partial charge on any atom is -0.449 e. The highest BCUT2D eigenvalue weighted by Crippen LogP contribution is 2.37. The van der Waals surface area contributed by atoms with Gasteiger partial charge in [-0.15, -0.1) is 0 Å². The lowest BCUT2D eigenvalue weighted by Crippen LogP contribution is -2.33. The minimum absolute atomic E-state index is 0.272. The van der Waals surface area contributed by atoms with Crippen LogP contribution in [-0.4, -0.2) is 36.4 Å². The second-order valence-electron chi connectivity index (χ2n) is 4.42. The van der Waals surface area contributed by atoms with Gasteiger partial charge in [-0.3, -0.25) is 0 Å². The molecule has 0 saturated carbocycles. The maximum atomic E-state index is 9.05. The van der Waals surface area contributed by atoms with Crippen molar-refractivity contribution >= 4 is 0 Å². The Hall–Kier alpha value is -1.08. The second-order valence-corrected chi connectivity index (χ2v) is 4.42. The molecule has 0 aromatic rings. The van der Waals surface area contributed by atoms with Gasteiger partial charge in [-0.25, -0.2) is 0 Å². The van der Waals surface area contributed by atoms with Gasteiger partial charge in [-0.1, -0.05) is 13.8 Å². The van der Waals surface area contributed by atoms with Crippen LogP contribution in [-0.2, 0) is 18.9 Å². The Morgan fingerprint density at radius 1 is 1.00 bits per heavy atom. The number of hydrogen-bond donors (Lipinski definition) is 2. The van der Waals surface area contributed by atoms with Crippen molar-refractivity contribution in [2.45, 2.75) is 26.8 Å². The van der Waals surface area contributed by atoms with E-state index in [0.717, 1.165) is 11.1 Å². The van der Waals surface area contributed by atoms with Gasteiger partial charge in [0.2, 0.25) is 0 Å². The molecule has 0 bridgehead atoms. The molecule has 2 N–H and O–H groups in total. The molecule has 6 nitrogen and oxygen atoms in total. The number of aliphatic hydroxyl groups is 2. The summed E-state index contributed by atoms with van der Waals surface area (Å²) in [6.07, 6.45) is 2.97. The summed E-state index contributed by atoms with van der Waals surface area (Å²) in [6.45, 7) is 2.05. The summed E-state index contributed by atoms with van der Waals surface area (Å²) in [5.74, 6) is 0. The molecule has 0 aromatic carbocycles. The van der Waals surface area contributed by atoms with Crippen LogP contribution in [0.1, 0.15) is 13.8 Å². The lowest BCUT2D eigenvalue weighted by molar-refractivity contribution is -0.249. The maximum absolute atomic E-state index is 9.05. The normalized spacial score (nSPS) is 29.9. The van der Waals surface area contributed by atoms with Crippen molar-refractivity contribution in [3.8, 4) is 0 Å². The fraction of sp³-hybridized carbons (Fsp3) is 0.636. The topological polar surface area (TPSA) is 77.4 Å². The zero-order chi connectivity index (χ0) is 12.5. The highest BCUT2D eigenvalue weighted by molar-refractivity contribution is 5.27. The Balaban J connectivity index is 2.13. The number of aliphatic hydroxyl groups excluding tert-OH is 2. The molecule has 0 spiro atoms. The summed E-state index contributed by atoms with van der Waals surface area (Å²) in [5, 5.41) is 18.1. The van der Waals surface area contributed by atoms with Crippen molar-refractivity contribution in [3.05, 3.63) is 23.7 Å². The lowest BCUT2D eigenvalue weighted by atomic mass is 9.78. The van der Waals surface area contributed by atoms with Crippen LogP contribution in [0.25, 0.3) is 0 Å². The molecule has 2 heterocycles. The summed E-state index contributed by atoms with van der Waals surface area (Å²) < 4.78 is 19.8. The molecule has 6 heteroatoms. The Morgan fingerprint density at radius 3 is 1.71 bits per heavy atom. The molecule has 0 saturated heterocycles. The standard InChI is InChI=1S/C11H16O6/c1-11(2,7-3-14-9(12)15-4-7)8-5-16-10(13)17-6-8/h3,5,9-10,12-13H,4,6H2,1-2H3. The van der Waals surface area contributed by atoms with Crippen LogP contribution in [0.15, 0.2) is 23.7 Å². The molecule has 2 unspecified atom stereocenters. The molecular weight excluding hydrogens is 228 g/mol. The molecule has 0 radical (unpaired) electrons. The third kappa shape index (κ3) is 2.61. The SMILES string of the molecule is CC(C)(C1=COC(O)OC1)C1=COC(O)OC1. The zero-order valence-corrected chi connectivity index (χ0v) is 9.75. The van der Waals surface area contributed by atoms with Crippen LogP contribution in [0.5, 0.6) is 0 Å². The molecule has 17 heavy (non-hydrogen) atoms. The molecule has 0 aromatic heterocycles. The average Bonchev–Trinajstić information content (AvgIpc) is 2.30. The van der Waals surface area contributed by atoms with Gasteiger partial charge in [0.25, 0.3) is 0 Å². The van der Waals surface area contributed by atoms with E-state index >= 15 is 0 Å². The molecular formula is C11H16O6. The zero-order valence-electron chi connectivity index (χ0n) is 9.75. The van der Waals surface area contributed by atoms with E-state index in [9.17, 15) is 0 Å². The average molecular weight is 244 g/mol. The molecule has 2 rings (SSSR count). The first-order valence-corrected chi connectivity index (χ1v) is 5.29. The van der Waals surface area contributed by atoms with E-state index in [0.29, 0.717) is 0 Å². The number of ether oxygens (including phenoxy) is 4. The van der Waals surface area contributed by atoms with Gasteiger partial charge < -0.3 is 29.2 Å². The van der Waals surface area contributed by atoms with Crippen molar-refractivity contribution in [1.82, 2.24) is 0 Å². The molecule has 0 aliphatic carbocycles. The van der Waals surface area contributed by atoms with E-state index in [4.69, 9.17) is 29.2 Å². The third-order valence-electron chi connectivity index (χ3n) is 3.02. The number of hydrogen-bond acceptors (Lipinski definition) is 6. The fourth-order valence-corrected chi connectivity index (χ4v) is 1.61. The van der Waals surface area contributed by atoms with Gasteiger partial charge >= 0.3 is 13.0 Å². The molecule has 0 amide bonds. The van der Waals surface area contributed by atoms with Crippen LogP contribution in [0.2, 0.25) is 0 Å². The molecule has 2 aliphatic rings. The van der Waals surface area contributed by atoms with Crippen LogP contribution < -0.4 is 0 Å².